The number of benzene rings is 2. The van der Waals surface area contributed by atoms with Crippen LogP contribution in [0.25, 0.3) is 0 Å². The Balaban J connectivity index is 1.95. The van der Waals surface area contributed by atoms with Crippen molar-refractivity contribution in [1.29, 1.82) is 0 Å². The first-order valence-corrected chi connectivity index (χ1v) is 7.98. The van der Waals surface area contributed by atoms with E-state index in [0.717, 1.165) is 21.3 Å². The van der Waals surface area contributed by atoms with Crippen LogP contribution >= 0.6 is 27.5 Å². The zero-order chi connectivity index (χ0) is 15.9. The third kappa shape index (κ3) is 5.04. The maximum Gasteiger partial charge on any atom is 0.305 e. The minimum absolute atomic E-state index is 0.212. The summed E-state index contributed by atoms with van der Waals surface area (Å²) in [6, 6.07) is 13.4. The highest BCUT2D eigenvalue weighted by Crippen LogP contribution is 2.24. The molecule has 22 heavy (non-hydrogen) atoms. The monoisotopic (exact) mass is 382 g/mol. The summed E-state index contributed by atoms with van der Waals surface area (Å²) in [4.78, 5) is 11.2. The average molecular weight is 384 g/mol. The van der Waals surface area contributed by atoms with E-state index in [4.69, 9.17) is 16.3 Å². The molecule has 0 N–H and O–H groups in total. The molecule has 0 saturated heterocycles. The molecule has 2 aromatic carbocycles. The first-order valence-electron chi connectivity index (χ1n) is 6.81. The third-order valence-electron chi connectivity index (χ3n) is 3.13. The summed E-state index contributed by atoms with van der Waals surface area (Å²) < 4.78 is 11.3. The molecule has 3 nitrogen and oxygen atoms in total. The molecule has 0 spiro atoms. The van der Waals surface area contributed by atoms with Gasteiger partial charge in [0, 0.05) is 10.9 Å². The van der Waals surface area contributed by atoms with Gasteiger partial charge in [-0.15, -0.1) is 0 Å². The number of aryl methyl sites for hydroxylation is 1. The summed E-state index contributed by atoms with van der Waals surface area (Å²) >= 11 is 9.42. The van der Waals surface area contributed by atoms with Crippen molar-refractivity contribution in [2.75, 3.05) is 7.11 Å². The van der Waals surface area contributed by atoms with Crippen molar-refractivity contribution in [2.24, 2.45) is 0 Å². The molecule has 2 aromatic rings. The molecule has 0 fully saturated rings. The van der Waals surface area contributed by atoms with E-state index in [0.29, 0.717) is 24.5 Å². The third-order valence-corrected chi connectivity index (χ3v) is 4.37. The SMILES string of the molecule is COC(=O)CCc1cccc(OCc2ccc(Br)c(Cl)c2)c1. The molecule has 0 radical (unpaired) electrons. The number of methoxy groups -OCH3 is 1. The summed E-state index contributed by atoms with van der Waals surface area (Å²) in [5.41, 5.74) is 2.03. The van der Waals surface area contributed by atoms with E-state index in [1.54, 1.807) is 0 Å². The minimum Gasteiger partial charge on any atom is -0.489 e. The van der Waals surface area contributed by atoms with Crippen LogP contribution in [0, 0.1) is 0 Å². The van der Waals surface area contributed by atoms with Crippen LogP contribution in [0.2, 0.25) is 5.02 Å². The highest BCUT2D eigenvalue weighted by molar-refractivity contribution is 9.10. The Morgan fingerprint density at radius 2 is 2.00 bits per heavy atom. The van der Waals surface area contributed by atoms with Crippen molar-refractivity contribution in [1.82, 2.24) is 0 Å². The molecule has 0 atom stereocenters. The van der Waals surface area contributed by atoms with E-state index in [9.17, 15) is 4.79 Å². The fourth-order valence-corrected chi connectivity index (χ4v) is 2.39. The van der Waals surface area contributed by atoms with E-state index >= 15 is 0 Å². The van der Waals surface area contributed by atoms with E-state index in [-0.39, 0.29) is 5.97 Å². The molecule has 5 heteroatoms. The van der Waals surface area contributed by atoms with Crippen molar-refractivity contribution in [3.8, 4) is 5.75 Å². The molecule has 0 amide bonds. The predicted molar refractivity (Wildman–Crippen MR) is 90.3 cm³/mol. The number of halogens is 2. The van der Waals surface area contributed by atoms with Gasteiger partial charge < -0.3 is 9.47 Å². The molecule has 2 rings (SSSR count). The van der Waals surface area contributed by atoms with Crippen LogP contribution in [-0.4, -0.2) is 13.1 Å². The van der Waals surface area contributed by atoms with Gasteiger partial charge in [-0.1, -0.05) is 29.8 Å². The molecule has 0 aliphatic rings. The lowest BCUT2D eigenvalue weighted by Gasteiger charge is -2.09. The zero-order valence-electron chi connectivity index (χ0n) is 12.1. The van der Waals surface area contributed by atoms with Crippen molar-refractivity contribution in [3.63, 3.8) is 0 Å². The van der Waals surface area contributed by atoms with Crippen LogP contribution in [-0.2, 0) is 22.6 Å². The van der Waals surface area contributed by atoms with Crippen LogP contribution in [0.3, 0.4) is 0 Å². The Morgan fingerprint density at radius 1 is 1.18 bits per heavy atom. The number of carbonyl (C=O) groups is 1. The van der Waals surface area contributed by atoms with Gasteiger partial charge >= 0.3 is 5.97 Å². The van der Waals surface area contributed by atoms with Gasteiger partial charge in [0.25, 0.3) is 0 Å². The van der Waals surface area contributed by atoms with Crippen LogP contribution < -0.4 is 4.74 Å². The average Bonchev–Trinajstić information content (AvgIpc) is 2.54. The molecule has 0 bridgehead atoms. The normalized spacial score (nSPS) is 10.3. The lowest BCUT2D eigenvalue weighted by atomic mass is 10.1. The molecule has 0 aliphatic heterocycles. The summed E-state index contributed by atoms with van der Waals surface area (Å²) in [6.07, 6.45) is 0.996. The fraction of sp³-hybridized carbons (Fsp3) is 0.235. The number of hydrogen-bond donors (Lipinski definition) is 0. The zero-order valence-corrected chi connectivity index (χ0v) is 14.5. The topological polar surface area (TPSA) is 35.5 Å². The van der Waals surface area contributed by atoms with Gasteiger partial charge in [-0.25, -0.2) is 0 Å². The van der Waals surface area contributed by atoms with E-state index in [1.807, 2.05) is 42.5 Å². The summed E-state index contributed by atoms with van der Waals surface area (Å²) in [5, 5.41) is 0.660. The minimum atomic E-state index is -0.212. The van der Waals surface area contributed by atoms with Gasteiger partial charge in [0.05, 0.1) is 12.1 Å². The maximum atomic E-state index is 11.2. The van der Waals surface area contributed by atoms with Crippen LogP contribution in [0.4, 0.5) is 0 Å². The lowest BCUT2D eigenvalue weighted by Crippen LogP contribution is -2.02. The van der Waals surface area contributed by atoms with E-state index < -0.39 is 0 Å². The molecule has 0 aliphatic carbocycles. The fourth-order valence-electron chi connectivity index (χ4n) is 1.94. The second-order valence-electron chi connectivity index (χ2n) is 4.76. The molecule has 0 heterocycles. The standard InChI is InChI=1S/C17H16BrClO3/c1-21-17(20)8-6-12-3-2-4-14(9-12)22-11-13-5-7-15(18)16(19)10-13/h2-5,7,9-10H,6,8,11H2,1H3. The number of carbonyl (C=O) groups excluding carboxylic acids is 1. The highest BCUT2D eigenvalue weighted by atomic mass is 79.9. The van der Waals surface area contributed by atoms with Gasteiger partial charge in [0.2, 0.25) is 0 Å². The maximum absolute atomic E-state index is 11.2. The highest BCUT2D eigenvalue weighted by Gasteiger charge is 2.04. The molecule has 0 saturated carbocycles. The number of hydrogen-bond acceptors (Lipinski definition) is 3. The summed E-state index contributed by atoms with van der Waals surface area (Å²) in [6.45, 7) is 0.438. The Hall–Kier alpha value is -1.52. The van der Waals surface area contributed by atoms with Gasteiger partial charge in [-0.05, 0) is 57.7 Å². The van der Waals surface area contributed by atoms with Gasteiger partial charge in [-0.3, -0.25) is 4.79 Å². The number of rotatable bonds is 6. The summed E-state index contributed by atoms with van der Waals surface area (Å²) in [5.74, 6) is 0.553. The van der Waals surface area contributed by atoms with Crippen molar-refractivity contribution < 1.29 is 14.3 Å². The van der Waals surface area contributed by atoms with Crippen molar-refractivity contribution in [3.05, 3.63) is 63.1 Å². The largest absolute Gasteiger partial charge is 0.489 e. The summed E-state index contributed by atoms with van der Waals surface area (Å²) in [7, 11) is 1.39. The Labute approximate surface area is 143 Å². The predicted octanol–water partition coefficient (Wildman–Crippen LogP) is 4.79. The van der Waals surface area contributed by atoms with Crippen LogP contribution in [0.15, 0.2) is 46.9 Å². The first-order chi connectivity index (χ1) is 10.6. The molecule has 0 aromatic heterocycles. The molecular weight excluding hydrogens is 368 g/mol. The van der Waals surface area contributed by atoms with Gasteiger partial charge in [0.15, 0.2) is 0 Å². The number of ether oxygens (including phenoxy) is 2. The second kappa shape index (κ2) is 8.20. The van der Waals surface area contributed by atoms with Crippen molar-refractivity contribution in [2.45, 2.75) is 19.4 Å². The van der Waals surface area contributed by atoms with Crippen molar-refractivity contribution >= 4 is 33.5 Å². The lowest BCUT2D eigenvalue weighted by molar-refractivity contribution is -0.140. The quantitative estimate of drug-likeness (QED) is 0.673. The smallest absolute Gasteiger partial charge is 0.305 e. The van der Waals surface area contributed by atoms with Gasteiger partial charge in [0.1, 0.15) is 12.4 Å². The first kappa shape index (κ1) is 16.8. The van der Waals surface area contributed by atoms with Crippen LogP contribution in [0.5, 0.6) is 5.75 Å². The Bertz CT molecular complexity index is 658. The Morgan fingerprint density at radius 3 is 2.73 bits per heavy atom. The molecule has 0 unspecified atom stereocenters. The van der Waals surface area contributed by atoms with E-state index in [1.165, 1.54) is 7.11 Å². The Kier molecular flexibility index (Phi) is 6.28. The van der Waals surface area contributed by atoms with Gasteiger partial charge in [-0.2, -0.15) is 0 Å². The van der Waals surface area contributed by atoms with E-state index in [2.05, 4.69) is 20.7 Å². The number of esters is 1. The molecular formula is C17H16BrClO3. The second-order valence-corrected chi connectivity index (χ2v) is 6.02. The molecule has 116 valence electrons. The van der Waals surface area contributed by atoms with Crippen LogP contribution in [0.1, 0.15) is 17.5 Å².